The molecular formula is C24H29ClN2O2. The van der Waals surface area contributed by atoms with Crippen molar-refractivity contribution in [3.8, 4) is 5.75 Å². The highest BCUT2D eigenvalue weighted by Gasteiger charge is 2.38. The van der Waals surface area contributed by atoms with Crippen molar-refractivity contribution in [1.82, 2.24) is 9.80 Å². The molecule has 29 heavy (non-hydrogen) atoms. The van der Waals surface area contributed by atoms with E-state index in [1.165, 1.54) is 11.1 Å². The number of fused-ring (bicyclic) bond motifs is 1. The Kier molecular flexibility index (Phi) is 6.41. The lowest BCUT2D eigenvalue weighted by molar-refractivity contribution is -0.141. The first-order valence-electron chi connectivity index (χ1n) is 10.5. The Morgan fingerprint density at radius 2 is 1.93 bits per heavy atom. The fourth-order valence-electron chi connectivity index (χ4n) is 4.83. The second-order valence-corrected chi connectivity index (χ2v) is 8.64. The van der Waals surface area contributed by atoms with Crippen LogP contribution < -0.4 is 4.74 Å². The molecule has 4 nitrogen and oxygen atoms in total. The van der Waals surface area contributed by atoms with Crippen molar-refractivity contribution in [2.45, 2.75) is 38.3 Å². The first-order valence-corrected chi connectivity index (χ1v) is 10.9. The third-order valence-electron chi connectivity index (χ3n) is 6.30. The van der Waals surface area contributed by atoms with E-state index in [1.54, 1.807) is 7.11 Å². The van der Waals surface area contributed by atoms with E-state index in [1.807, 2.05) is 24.3 Å². The van der Waals surface area contributed by atoms with Gasteiger partial charge in [0.2, 0.25) is 5.91 Å². The van der Waals surface area contributed by atoms with Gasteiger partial charge in [-0.05, 0) is 60.6 Å². The van der Waals surface area contributed by atoms with Gasteiger partial charge in [-0.15, -0.1) is 0 Å². The number of hydrogen-bond acceptors (Lipinski definition) is 3. The molecular weight excluding hydrogens is 384 g/mol. The number of carbonyl (C=O) groups excluding carboxylic acids is 1. The van der Waals surface area contributed by atoms with Crippen LogP contribution in [0.1, 0.15) is 30.4 Å². The lowest BCUT2D eigenvalue weighted by Crippen LogP contribution is -2.56. The summed E-state index contributed by atoms with van der Waals surface area (Å²) in [7, 11) is 1.69. The normalized spacial score (nSPS) is 22.4. The van der Waals surface area contributed by atoms with E-state index < -0.39 is 0 Å². The van der Waals surface area contributed by atoms with Crippen LogP contribution in [0.5, 0.6) is 5.75 Å². The molecule has 4 rings (SSSR count). The smallest absolute Gasteiger partial charge is 0.222 e. The fourth-order valence-corrected chi connectivity index (χ4v) is 5.04. The molecule has 2 aliphatic rings. The van der Waals surface area contributed by atoms with Gasteiger partial charge in [0.1, 0.15) is 5.75 Å². The molecule has 0 N–H and O–H groups in total. The van der Waals surface area contributed by atoms with Gasteiger partial charge in [0, 0.05) is 43.7 Å². The molecule has 0 aromatic heterocycles. The molecule has 2 aliphatic heterocycles. The molecule has 5 heteroatoms. The Morgan fingerprint density at radius 1 is 1.10 bits per heavy atom. The van der Waals surface area contributed by atoms with Gasteiger partial charge in [0.05, 0.1) is 7.11 Å². The Balaban J connectivity index is 1.37. The zero-order chi connectivity index (χ0) is 20.2. The molecule has 0 bridgehead atoms. The van der Waals surface area contributed by atoms with Gasteiger partial charge in [0.15, 0.2) is 0 Å². The topological polar surface area (TPSA) is 32.8 Å². The van der Waals surface area contributed by atoms with Crippen LogP contribution in [0.15, 0.2) is 48.5 Å². The van der Waals surface area contributed by atoms with E-state index in [4.69, 9.17) is 16.3 Å². The molecule has 1 amide bonds. The Bertz CT molecular complexity index is 856. The van der Waals surface area contributed by atoms with Crippen molar-refractivity contribution in [2.24, 2.45) is 5.92 Å². The van der Waals surface area contributed by atoms with Gasteiger partial charge in [-0.3, -0.25) is 9.69 Å². The number of methoxy groups -OCH3 is 1. The first kappa shape index (κ1) is 20.2. The van der Waals surface area contributed by atoms with E-state index in [-0.39, 0.29) is 0 Å². The first-order chi connectivity index (χ1) is 14.1. The van der Waals surface area contributed by atoms with Crippen LogP contribution in [0.2, 0.25) is 5.02 Å². The minimum atomic E-state index is 0.317. The van der Waals surface area contributed by atoms with E-state index in [2.05, 4.69) is 34.1 Å². The van der Waals surface area contributed by atoms with Gasteiger partial charge in [-0.2, -0.15) is 0 Å². The van der Waals surface area contributed by atoms with Crippen LogP contribution in [-0.2, 0) is 17.8 Å². The lowest BCUT2D eigenvalue weighted by atomic mass is 9.83. The van der Waals surface area contributed by atoms with Crippen molar-refractivity contribution in [3.05, 3.63) is 64.7 Å². The minimum absolute atomic E-state index is 0.317. The molecule has 0 saturated carbocycles. The summed E-state index contributed by atoms with van der Waals surface area (Å²) in [5.74, 6) is 1.75. The summed E-state index contributed by atoms with van der Waals surface area (Å²) in [6.07, 6.45) is 3.60. The van der Waals surface area contributed by atoms with Crippen molar-refractivity contribution >= 4 is 17.5 Å². The Labute approximate surface area is 178 Å². The number of nitrogens with zero attached hydrogens (tertiary/aromatic N) is 2. The summed E-state index contributed by atoms with van der Waals surface area (Å²) in [5.41, 5.74) is 2.48. The van der Waals surface area contributed by atoms with Crippen LogP contribution >= 0.6 is 11.6 Å². The van der Waals surface area contributed by atoms with Gasteiger partial charge in [0.25, 0.3) is 0 Å². The van der Waals surface area contributed by atoms with E-state index in [0.717, 1.165) is 56.2 Å². The van der Waals surface area contributed by atoms with Gasteiger partial charge >= 0.3 is 0 Å². The van der Waals surface area contributed by atoms with Crippen molar-refractivity contribution in [2.75, 3.05) is 26.7 Å². The number of rotatable bonds is 6. The summed E-state index contributed by atoms with van der Waals surface area (Å²) in [6, 6.07) is 16.7. The number of hydrogen-bond donors (Lipinski definition) is 0. The predicted molar refractivity (Wildman–Crippen MR) is 116 cm³/mol. The molecule has 0 aliphatic carbocycles. The van der Waals surface area contributed by atoms with Gasteiger partial charge in [-0.1, -0.05) is 35.9 Å². The highest BCUT2D eigenvalue weighted by molar-refractivity contribution is 6.30. The summed E-state index contributed by atoms with van der Waals surface area (Å²) in [4.78, 5) is 17.4. The maximum atomic E-state index is 12.7. The largest absolute Gasteiger partial charge is 0.497 e. The lowest BCUT2D eigenvalue weighted by Gasteiger charge is -2.47. The molecule has 2 aromatic rings. The second-order valence-electron chi connectivity index (χ2n) is 8.21. The third kappa shape index (κ3) is 4.93. The van der Waals surface area contributed by atoms with Crippen LogP contribution in [0, 0.1) is 5.92 Å². The minimum Gasteiger partial charge on any atom is -0.497 e. The number of carbonyl (C=O) groups is 1. The number of likely N-dealkylation sites (tertiary alicyclic amines) is 2. The summed E-state index contributed by atoms with van der Waals surface area (Å²) < 4.78 is 5.33. The summed E-state index contributed by atoms with van der Waals surface area (Å²) >= 11 is 6.14. The van der Waals surface area contributed by atoms with Crippen LogP contribution in [-0.4, -0.2) is 48.5 Å². The van der Waals surface area contributed by atoms with Gasteiger partial charge in [-0.25, -0.2) is 0 Å². The Morgan fingerprint density at radius 3 is 2.76 bits per heavy atom. The van der Waals surface area contributed by atoms with Crippen molar-refractivity contribution < 1.29 is 9.53 Å². The highest BCUT2D eigenvalue weighted by atomic mass is 35.5. The molecule has 154 valence electrons. The van der Waals surface area contributed by atoms with Gasteiger partial charge < -0.3 is 9.64 Å². The quantitative estimate of drug-likeness (QED) is 0.704. The molecule has 0 radical (unpaired) electrons. The zero-order valence-corrected chi connectivity index (χ0v) is 17.8. The van der Waals surface area contributed by atoms with Crippen LogP contribution in [0.25, 0.3) is 0 Å². The third-order valence-corrected chi connectivity index (χ3v) is 6.53. The average Bonchev–Trinajstić information content (AvgIpc) is 2.73. The van der Waals surface area contributed by atoms with E-state index in [9.17, 15) is 4.79 Å². The molecule has 2 aromatic carbocycles. The SMILES string of the molecule is COc1cccc(CCN2C(=O)CC[C@@H]3CN(Cc4cccc(Cl)c4)CC[C@@H]32)c1. The number of ether oxygens (including phenoxy) is 1. The second kappa shape index (κ2) is 9.19. The molecule has 0 spiro atoms. The molecule has 0 unspecified atom stereocenters. The van der Waals surface area contributed by atoms with E-state index in [0.29, 0.717) is 24.3 Å². The number of halogens is 1. The monoisotopic (exact) mass is 412 g/mol. The average molecular weight is 413 g/mol. The van der Waals surface area contributed by atoms with Crippen molar-refractivity contribution in [3.63, 3.8) is 0 Å². The van der Waals surface area contributed by atoms with Crippen molar-refractivity contribution in [1.29, 1.82) is 0 Å². The van der Waals surface area contributed by atoms with E-state index >= 15 is 0 Å². The maximum Gasteiger partial charge on any atom is 0.222 e. The summed E-state index contributed by atoms with van der Waals surface area (Å²) in [6.45, 7) is 3.81. The summed E-state index contributed by atoms with van der Waals surface area (Å²) in [5, 5.41) is 0.796. The predicted octanol–water partition coefficient (Wildman–Crippen LogP) is 4.40. The molecule has 2 heterocycles. The number of benzene rings is 2. The number of piperidine rings is 2. The molecule has 2 saturated heterocycles. The van der Waals surface area contributed by atoms with Crippen LogP contribution in [0.3, 0.4) is 0 Å². The maximum absolute atomic E-state index is 12.7. The fraction of sp³-hybridized carbons (Fsp3) is 0.458. The Hall–Kier alpha value is -2.04. The van der Waals surface area contributed by atoms with Crippen LogP contribution in [0.4, 0.5) is 0 Å². The standard InChI is InChI=1S/C24H29ClN2O2/c1-29-22-7-3-4-18(15-22)10-13-27-23-11-12-26(17-20(23)8-9-24(27)28)16-19-5-2-6-21(25)14-19/h2-7,14-15,20,23H,8-13,16-17H2,1H3/t20-,23+/m1/s1. The highest BCUT2D eigenvalue weighted by Crippen LogP contribution is 2.32. The number of amides is 1. The zero-order valence-electron chi connectivity index (χ0n) is 17.0. The molecule has 2 atom stereocenters. The molecule has 2 fully saturated rings.